The van der Waals surface area contributed by atoms with Crippen molar-refractivity contribution < 1.29 is 13.6 Å². The van der Waals surface area contributed by atoms with Crippen molar-refractivity contribution in [2.45, 2.75) is 56.5 Å². The average Bonchev–Trinajstić information content (AvgIpc) is 3.95. The molecule has 0 spiro atoms. The Morgan fingerprint density at radius 3 is 2.78 bits per heavy atom. The van der Waals surface area contributed by atoms with Crippen molar-refractivity contribution in [3.05, 3.63) is 127 Å². The summed E-state index contributed by atoms with van der Waals surface area (Å²) in [6.07, 6.45) is 6.48. The van der Waals surface area contributed by atoms with Gasteiger partial charge in [0.15, 0.2) is 0 Å². The molecule has 3 aliphatic heterocycles. The molecule has 6 heterocycles. The van der Waals surface area contributed by atoms with Crippen molar-refractivity contribution in [1.82, 2.24) is 25.4 Å². The molecule has 2 aromatic carbocycles. The number of fused-ring (bicyclic) bond motifs is 4. The number of carbonyl (C=O) groups is 1. The van der Waals surface area contributed by atoms with Gasteiger partial charge in [-0.1, -0.05) is 18.2 Å². The van der Waals surface area contributed by atoms with Crippen molar-refractivity contribution in [3.63, 3.8) is 0 Å². The SMILES string of the molecule is N#Cc1ccc2c(c1)CCC2Nc1nccc2cc(C3C4=C(NC(CCc5ccc(F)cc5)=C3c3n[nH]c(=O)o3)[C@@H]3CCCN3C4=O)sc12. The number of hydrogen-bond donors (Lipinski definition) is 3. The second-order valence-corrected chi connectivity index (χ2v) is 14.1. The number of dihydropyridines is 1. The van der Waals surface area contributed by atoms with Gasteiger partial charge in [0.2, 0.25) is 5.89 Å². The average molecular weight is 672 g/mol. The number of pyridine rings is 1. The highest BCUT2D eigenvalue weighted by atomic mass is 32.1. The number of aryl methyl sites for hydroxylation is 2. The number of aromatic amines is 1. The summed E-state index contributed by atoms with van der Waals surface area (Å²) in [4.78, 5) is 34.2. The number of nitrogens with zero attached hydrogens (tertiary/aromatic N) is 4. The first-order valence-corrected chi connectivity index (χ1v) is 17.3. The lowest BCUT2D eigenvalue weighted by Crippen LogP contribution is -2.32. The number of H-pyrrole nitrogens is 1. The number of benzene rings is 2. The molecule has 3 atom stereocenters. The van der Waals surface area contributed by atoms with Gasteiger partial charge in [0, 0.05) is 34.6 Å². The molecule has 0 radical (unpaired) electrons. The Hall–Kier alpha value is -5.54. The van der Waals surface area contributed by atoms with Crippen LogP contribution in [0.4, 0.5) is 10.2 Å². The largest absolute Gasteiger partial charge is 0.434 e. The number of nitriles is 1. The van der Waals surface area contributed by atoms with Crippen molar-refractivity contribution >= 4 is 38.7 Å². The van der Waals surface area contributed by atoms with Crippen LogP contribution in [0.2, 0.25) is 0 Å². The van der Waals surface area contributed by atoms with Crippen LogP contribution in [0, 0.1) is 17.1 Å². The van der Waals surface area contributed by atoms with Gasteiger partial charge in [-0.15, -0.1) is 16.4 Å². The minimum absolute atomic E-state index is 0.0174. The van der Waals surface area contributed by atoms with Gasteiger partial charge in [-0.2, -0.15) is 5.26 Å². The maximum absolute atomic E-state index is 14.2. The molecule has 12 heteroatoms. The maximum atomic E-state index is 14.2. The van der Waals surface area contributed by atoms with Crippen molar-refractivity contribution in [1.29, 1.82) is 5.26 Å². The lowest BCUT2D eigenvalue weighted by molar-refractivity contribution is -0.126. The van der Waals surface area contributed by atoms with E-state index < -0.39 is 11.7 Å². The summed E-state index contributed by atoms with van der Waals surface area (Å²) in [5, 5.41) is 24.4. The van der Waals surface area contributed by atoms with Crippen molar-refractivity contribution in [2.75, 3.05) is 11.9 Å². The molecule has 49 heavy (non-hydrogen) atoms. The molecular weight excluding hydrogens is 642 g/mol. The van der Waals surface area contributed by atoms with Crippen LogP contribution in [0.25, 0.3) is 15.7 Å². The molecule has 1 fully saturated rings. The van der Waals surface area contributed by atoms with Crippen molar-refractivity contribution in [3.8, 4) is 6.07 Å². The van der Waals surface area contributed by atoms with Crippen LogP contribution in [0.15, 0.2) is 87.0 Å². The van der Waals surface area contributed by atoms with Gasteiger partial charge >= 0.3 is 5.76 Å². The number of aromatic nitrogens is 3. The summed E-state index contributed by atoms with van der Waals surface area (Å²) in [6, 6.07) is 18.6. The summed E-state index contributed by atoms with van der Waals surface area (Å²) in [5.74, 6) is -0.635. The van der Waals surface area contributed by atoms with Crippen LogP contribution >= 0.6 is 11.3 Å². The zero-order valence-electron chi connectivity index (χ0n) is 26.3. The predicted molar refractivity (Wildman–Crippen MR) is 182 cm³/mol. The zero-order chi connectivity index (χ0) is 33.2. The van der Waals surface area contributed by atoms with Gasteiger partial charge in [-0.25, -0.2) is 19.3 Å². The van der Waals surface area contributed by atoms with Crippen LogP contribution in [-0.4, -0.2) is 38.6 Å². The molecule has 5 aromatic rings. The first-order valence-electron chi connectivity index (χ1n) is 16.5. The van der Waals surface area contributed by atoms with Gasteiger partial charge in [-0.3, -0.25) is 4.79 Å². The molecular formula is C37H30FN7O3S. The van der Waals surface area contributed by atoms with Crippen LogP contribution in [-0.2, 0) is 17.6 Å². The fourth-order valence-electron chi connectivity index (χ4n) is 7.97. The van der Waals surface area contributed by atoms with Gasteiger partial charge in [0.05, 0.1) is 39.9 Å². The quantitative estimate of drug-likeness (QED) is 0.189. The Kier molecular flexibility index (Phi) is 6.98. The van der Waals surface area contributed by atoms with Crippen LogP contribution in [0.3, 0.4) is 0 Å². The third-order valence-corrected chi connectivity index (χ3v) is 11.4. The predicted octanol–water partition coefficient (Wildman–Crippen LogP) is 6.07. The van der Waals surface area contributed by atoms with E-state index in [1.807, 2.05) is 29.2 Å². The maximum Gasteiger partial charge on any atom is 0.434 e. The molecule has 3 aromatic heterocycles. The topological polar surface area (TPSA) is 140 Å². The summed E-state index contributed by atoms with van der Waals surface area (Å²) in [5.41, 5.74) is 6.98. The number of allylic oxidation sites excluding steroid dienone is 2. The molecule has 4 aliphatic rings. The summed E-state index contributed by atoms with van der Waals surface area (Å²) in [6.45, 7) is 0.686. The van der Waals surface area contributed by atoms with Gasteiger partial charge in [0.1, 0.15) is 11.6 Å². The van der Waals surface area contributed by atoms with E-state index in [4.69, 9.17) is 9.40 Å². The Labute approximate surface area is 284 Å². The Morgan fingerprint density at radius 2 is 1.96 bits per heavy atom. The lowest BCUT2D eigenvalue weighted by Gasteiger charge is -2.29. The van der Waals surface area contributed by atoms with Gasteiger partial charge in [-0.05, 0) is 97.0 Å². The Morgan fingerprint density at radius 1 is 1.08 bits per heavy atom. The van der Waals surface area contributed by atoms with Crippen LogP contribution < -0.4 is 16.4 Å². The fraction of sp³-hybridized carbons (Fsp3) is 0.270. The third kappa shape index (κ3) is 4.95. The number of nitrogens with one attached hydrogen (secondary N) is 3. The molecule has 10 nitrogen and oxygen atoms in total. The second kappa shape index (κ2) is 11.6. The normalized spacial score (nSPS) is 21.2. The van der Waals surface area contributed by atoms with E-state index in [1.165, 1.54) is 23.3 Å². The molecule has 1 saturated heterocycles. The molecule has 0 saturated carbocycles. The van der Waals surface area contributed by atoms with Gasteiger partial charge < -0.3 is 20.0 Å². The molecule has 1 amide bonds. The smallest absolute Gasteiger partial charge is 0.388 e. The van der Waals surface area contributed by atoms with E-state index in [-0.39, 0.29) is 29.7 Å². The number of anilines is 1. The van der Waals surface area contributed by atoms with Crippen molar-refractivity contribution in [2.24, 2.45) is 0 Å². The molecule has 2 unspecified atom stereocenters. The van der Waals surface area contributed by atoms with E-state index in [9.17, 15) is 19.2 Å². The second-order valence-electron chi connectivity index (χ2n) is 13.0. The van der Waals surface area contributed by atoms with Crippen LogP contribution in [0.1, 0.15) is 70.7 Å². The number of amides is 1. The number of halogens is 1. The van der Waals surface area contributed by atoms with E-state index in [2.05, 4.69) is 33.0 Å². The van der Waals surface area contributed by atoms with E-state index in [0.717, 1.165) is 63.4 Å². The van der Waals surface area contributed by atoms with Crippen LogP contribution in [0.5, 0.6) is 0 Å². The first kappa shape index (κ1) is 29.6. The number of carbonyl (C=O) groups excluding carboxylic acids is 1. The molecule has 9 rings (SSSR count). The monoisotopic (exact) mass is 671 g/mol. The zero-order valence-corrected chi connectivity index (χ0v) is 27.1. The standard InChI is InChI=1S/C37H30FN7O3S/c38-23-8-3-19(4-9-23)6-11-26-29(35-43-44-37(47)48-35)30(31-32(41-26)27-2-1-15-45(27)36(31)46)28-17-22-13-14-40-34(33(22)49-28)42-25-12-7-21-16-20(18-39)5-10-24(21)25/h3-5,8-10,13-14,16-17,25,27,30,41H,1-2,6-7,11-12,15H2,(H,40,42)(H,44,47)/t25?,27-,30?/m0/s1. The first-order chi connectivity index (χ1) is 23.9. The molecule has 3 N–H and O–H groups in total. The highest BCUT2D eigenvalue weighted by Gasteiger charge is 2.49. The summed E-state index contributed by atoms with van der Waals surface area (Å²) >= 11 is 1.57. The lowest BCUT2D eigenvalue weighted by atomic mass is 9.82. The fourth-order valence-corrected chi connectivity index (χ4v) is 9.20. The van der Waals surface area contributed by atoms with E-state index in [1.54, 1.807) is 29.7 Å². The summed E-state index contributed by atoms with van der Waals surface area (Å²) < 4.78 is 20.3. The summed E-state index contributed by atoms with van der Waals surface area (Å²) in [7, 11) is 0. The molecule has 1 aliphatic carbocycles. The van der Waals surface area contributed by atoms with E-state index in [0.29, 0.717) is 36.1 Å². The Balaban J connectivity index is 1.16. The highest BCUT2D eigenvalue weighted by molar-refractivity contribution is 7.19. The third-order valence-electron chi connectivity index (χ3n) is 10.2. The minimum atomic E-state index is -0.678. The number of thiophene rings is 1. The number of hydrogen-bond acceptors (Lipinski definition) is 9. The Bertz CT molecular complexity index is 2330. The molecule has 244 valence electrons. The minimum Gasteiger partial charge on any atom is -0.388 e. The van der Waals surface area contributed by atoms with E-state index >= 15 is 0 Å². The highest BCUT2D eigenvalue weighted by Crippen LogP contribution is 2.52. The molecule has 0 bridgehead atoms. The van der Waals surface area contributed by atoms with Gasteiger partial charge in [0.25, 0.3) is 5.91 Å². The number of rotatable bonds is 7.